The van der Waals surface area contributed by atoms with E-state index in [1.54, 1.807) is 30.5 Å². The van der Waals surface area contributed by atoms with Gasteiger partial charge in [0.15, 0.2) is 9.84 Å². The van der Waals surface area contributed by atoms with Crippen LogP contribution in [-0.4, -0.2) is 25.6 Å². The van der Waals surface area contributed by atoms with Crippen LogP contribution < -0.4 is 5.32 Å². The first kappa shape index (κ1) is 22.6. The van der Waals surface area contributed by atoms with Gasteiger partial charge in [-0.05, 0) is 71.8 Å². The van der Waals surface area contributed by atoms with E-state index in [-0.39, 0.29) is 10.5 Å². The van der Waals surface area contributed by atoms with E-state index in [9.17, 15) is 17.6 Å². The number of rotatable bonds is 5. The van der Waals surface area contributed by atoms with Gasteiger partial charge in [-0.1, -0.05) is 29.8 Å². The molecule has 166 valence electrons. The van der Waals surface area contributed by atoms with E-state index in [4.69, 9.17) is 11.6 Å². The van der Waals surface area contributed by atoms with Crippen LogP contribution >= 0.6 is 11.6 Å². The van der Waals surface area contributed by atoms with Crippen LogP contribution in [0.15, 0.2) is 90.0 Å². The molecule has 0 spiro atoms. The molecule has 1 amide bonds. The van der Waals surface area contributed by atoms with Crippen molar-refractivity contribution in [3.8, 4) is 22.4 Å². The molecule has 0 saturated carbocycles. The molecule has 1 aromatic heterocycles. The molecule has 0 saturated heterocycles. The van der Waals surface area contributed by atoms with Gasteiger partial charge in [-0.3, -0.25) is 9.78 Å². The van der Waals surface area contributed by atoms with Gasteiger partial charge < -0.3 is 5.32 Å². The molecule has 4 rings (SSSR count). The maximum absolute atomic E-state index is 13.4. The number of pyridine rings is 1. The fourth-order valence-corrected chi connectivity index (χ4v) is 4.20. The zero-order chi connectivity index (χ0) is 23.6. The number of nitrogens with zero attached hydrogens (tertiary/aromatic N) is 1. The number of benzene rings is 3. The van der Waals surface area contributed by atoms with Crippen molar-refractivity contribution < 1.29 is 17.6 Å². The minimum absolute atomic E-state index is 0.0577. The summed E-state index contributed by atoms with van der Waals surface area (Å²) in [6.45, 7) is 0. The number of aromatic nitrogens is 1. The van der Waals surface area contributed by atoms with Gasteiger partial charge in [0.05, 0.1) is 15.6 Å². The highest BCUT2D eigenvalue weighted by Gasteiger charge is 2.18. The molecule has 0 aliphatic carbocycles. The molecule has 0 aliphatic rings. The molecule has 1 heterocycles. The highest BCUT2D eigenvalue weighted by atomic mass is 35.5. The Labute approximate surface area is 195 Å². The molecule has 33 heavy (non-hydrogen) atoms. The van der Waals surface area contributed by atoms with Gasteiger partial charge in [0.2, 0.25) is 0 Å². The SMILES string of the molecule is CS(=O)(=O)c1ccc(C(=O)Nc2ccc(Cl)c(-c3ccccn3)c2)c(-c2ccc(F)cc2)c1. The zero-order valence-electron chi connectivity index (χ0n) is 17.4. The lowest BCUT2D eigenvalue weighted by Gasteiger charge is -2.13. The summed E-state index contributed by atoms with van der Waals surface area (Å²) in [6, 6.07) is 20.2. The predicted octanol–water partition coefficient (Wildman–Crippen LogP) is 5.86. The van der Waals surface area contributed by atoms with Crippen molar-refractivity contribution in [1.29, 1.82) is 0 Å². The molecule has 0 radical (unpaired) electrons. The zero-order valence-corrected chi connectivity index (χ0v) is 19.0. The van der Waals surface area contributed by atoms with Crippen LogP contribution in [0.5, 0.6) is 0 Å². The summed E-state index contributed by atoms with van der Waals surface area (Å²) in [5, 5.41) is 3.31. The Hall–Kier alpha value is -3.55. The monoisotopic (exact) mass is 480 g/mol. The Morgan fingerprint density at radius 2 is 1.70 bits per heavy atom. The number of halogens is 2. The number of anilines is 1. The Morgan fingerprint density at radius 3 is 2.36 bits per heavy atom. The molecule has 0 atom stereocenters. The number of carbonyl (C=O) groups excluding carboxylic acids is 1. The van der Waals surface area contributed by atoms with Crippen LogP contribution in [0.3, 0.4) is 0 Å². The molecular formula is C25H18ClFN2O3S. The van der Waals surface area contributed by atoms with Crippen LogP contribution in [-0.2, 0) is 9.84 Å². The van der Waals surface area contributed by atoms with Gasteiger partial charge in [-0.15, -0.1) is 0 Å². The van der Waals surface area contributed by atoms with E-state index < -0.39 is 21.6 Å². The van der Waals surface area contributed by atoms with E-state index >= 15 is 0 Å². The first-order chi connectivity index (χ1) is 15.7. The summed E-state index contributed by atoms with van der Waals surface area (Å²) in [7, 11) is -3.51. The molecule has 5 nitrogen and oxygen atoms in total. The molecule has 0 unspecified atom stereocenters. The number of nitrogens with one attached hydrogen (secondary N) is 1. The van der Waals surface area contributed by atoms with E-state index in [2.05, 4.69) is 10.3 Å². The number of hydrogen-bond donors (Lipinski definition) is 1. The first-order valence-corrected chi connectivity index (χ1v) is 12.1. The third-order valence-electron chi connectivity index (χ3n) is 4.98. The lowest BCUT2D eigenvalue weighted by molar-refractivity contribution is 0.102. The molecule has 3 aromatic carbocycles. The van der Waals surface area contributed by atoms with Gasteiger partial charge in [-0.25, -0.2) is 12.8 Å². The molecule has 0 fully saturated rings. The Bertz CT molecular complexity index is 1440. The maximum atomic E-state index is 13.4. The molecule has 4 aromatic rings. The van der Waals surface area contributed by atoms with E-state index in [1.165, 1.54) is 42.5 Å². The third kappa shape index (κ3) is 5.10. The van der Waals surface area contributed by atoms with Crippen molar-refractivity contribution in [2.24, 2.45) is 0 Å². The second-order valence-electron chi connectivity index (χ2n) is 7.35. The second kappa shape index (κ2) is 9.13. The first-order valence-electron chi connectivity index (χ1n) is 9.85. The van der Waals surface area contributed by atoms with Crippen LogP contribution in [0.25, 0.3) is 22.4 Å². The summed E-state index contributed by atoms with van der Waals surface area (Å²) in [5.41, 5.74) is 2.92. The van der Waals surface area contributed by atoms with Gasteiger partial charge in [-0.2, -0.15) is 0 Å². The minimum Gasteiger partial charge on any atom is -0.322 e. The highest BCUT2D eigenvalue weighted by molar-refractivity contribution is 7.90. The summed E-state index contributed by atoms with van der Waals surface area (Å²) < 4.78 is 37.6. The van der Waals surface area contributed by atoms with E-state index in [0.717, 1.165) is 6.26 Å². The third-order valence-corrected chi connectivity index (χ3v) is 6.42. The summed E-state index contributed by atoms with van der Waals surface area (Å²) >= 11 is 6.32. The van der Waals surface area contributed by atoms with Gasteiger partial charge in [0.1, 0.15) is 5.82 Å². The van der Waals surface area contributed by atoms with E-state index in [0.29, 0.717) is 33.1 Å². The minimum atomic E-state index is -3.51. The van der Waals surface area contributed by atoms with E-state index in [1.807, 2.05) is 12.1 Å². The Kier molecular flexibility index (Phi) is 6.26. The second-order valence-corrected chi connectivity index (χ2v) is 9.77. The Balaban J connectivity index is 1.74. The van der Waals surface area contributed by atoms with Crippen molar-refractivity contribution in [2.45, 2.75) is 4.90 Å². The summed E-state index contributed by atoms with van der Waals surface area (Å²) in [5.74, 6) is -0.893. The van der Waals surface area contributed by atoms with Crippen molar-refractivity contribution in [2.75, 3.05) is 11.6 Å². The molecule has 0 aliphatic heterocycles. The van der Waals surface area contributed by atoms with Crippen LogP contribution in [0.2, 0.25) is 5.02 Å². The number of hydrogen-bond acceptors (Lipinski definition) is 4. The fraction of sp³-hybridized carbons (Fsp3) is 0.0400. The van der Waals surface area contributed by atoms with Gasteiger partial charge in [0.25, 0.3) is 5.91 Å². The van der Waals surface area contributed by atoms with Crippen LogP contribution in [0.1, 0.15) is 10.4 Å². The molecule has 1 N–H and O–H groups in total. The lowest BCUT2D eigenvalue weighted by atomic mass is 9.99. The predicted molar refractivity (Wildman–Crippen MR) is 128 cm³/mol. The fourth-order valence-electron chi connectivity index (χ4n) is 3.34. The highest BCUT2D eigenvalue weighted by Crippen LogP contribution is 2.31. The summed E-state index contributed by atoms with van der Waals surface area (Å²) in [6.07, 6.45) is 2.73. The molecule has 0 bridgehead atoms. The standard InChI is InChI=1S/C25H18ClFN2O3S/c1-33(31,32)19-10-11-20(21(15-19)16-5-7-17(27)8-6-16)25(30)29-18-9-12-23(26)22(14-18)24-4-2-3-13-28-24/h2-15H,1H3,(H,29,30). The quantitative estimate of drug-likeness (QED) is 0.388. The molecule has 8 heteroatoms. The molecular weight excluding hydrogens is 463 g/mol. The van der Waals surface area contributed by atoms with Crippen molar-refractivity contribution >= 4 is 33.0 Å². The normalized spacial score (nSPS) is 11.2. The maximum Gasteiger partial charge on any atom is 0.256 e. The largest absolute Gasteiger partial charge is 0.322 e. The average molecular weight is 481 g/mol. The summed E-state index contributed by atoms with van der Waals surface area (Å²) in [4.78, 5) is 17.5. The average Bonchev–Trinajstić information content (AvgIpc) is 2.80. The van der Waals surface area contributed by atoms with Gasteiger partial charge >= 0.3 is 0 Å². The smallest absolute Gasteiger partial charge is 0.256 e. The Morgan fingerprint density at radius 1 is 0.939 bits per heavy atom. The van der Waals surface area contributed by atoms with Crippen molar-refractivity contribution in [3.63, 3.8) is 0 Å². The van der Waals surface area contributed by atoms with Crippen molar-refractivity contribution in [3.05, 3.63) is 101 Å². The number of amides is 1. The number of sulfone groups is 1. The van der Waals surface area contributed by atoms with Crippen molar-refractivity contribution in [1.82, 2.24) is 4.98 Å². The lowest BCUT2D eigenvalue weighted by Crippen LogP contribution is -2.14. The number of carbonyl (C=O) groups is 1. The topological polar surface area (TPSA) is 76.1 Å². The van der Waals surface area contributed by atoms with Gasteiger partial charge in [0, 0.05) is 29.3 Å². The van der Waals surface area contributed by atoms with Crippen LogP contribution in [0.4, 0.5) is 10.1 Å². The van der Waals surface area contributed by atoms with Crippen LogP contribution in [0, 0.1) is 5.82 Å².